The standard InChI is InChI=1S/C42H44N8O5/c1-26-20-30(13-14-31(26)22-43-40(53)38-48-41(55-49-38)42(2,3)4)37-35-21-32(23-50(35)45-25-44-37)29-11-7-28(8-12-29)24-54-19-5-6-27-9-15-33(16-10-27)46-34-17-18-36(51)47-39(34)52/h7-16,20-21,23,25,34,46H,5-6,17-19,22,24H2,1-4H3,(H,43,53)(H,47,51,52). The van der Waals surface area contributed by atoms with Gasteiger partial charge in [0.2, 0.25) is 17.7 Å². The van der Waals surface area contributed by atoms with Gasteiger partial charge in [0.15, 0.2) is 0 Å². The van der Waals surface area contributed by atoms with Crippen molar-refractivity contribution < 1.29 is 23.6 Å². The summed E-state index contributed by atoms with van der Waals surface area (Å²) in [6.07, 6.45) is 6.18. The zero-order chi connectivity index (χ0) is 38.5. The maximum Gasteiger partial charge on any atom is 0.292 e. The zero-order valence-electron chi connectivity index (χ0n) is 31.4. The Labute approximate surface area is 318 Å². The van der Waals surface area contributed by atoms with Crippen LogP contribution in [0.3, 0.4) is 0 Å². The minimum atomic E-state index is -0.389. The summed E-state index contributed by atoms with van der Waals surface area (Å²) in [5.41, 5.74) is 9.52. The average molecular weight is 741 g/mol. The molecule has 1 aliphatic heterocycles. The number of ether oxygens (including phenoxy) is 1. The van der Waals surface area contributed by atoms with Crippen LogP contribution in [-0.4, -0.2) is 55.1 Å². The van der Waals surface area contributed by atoms with Crippen molar-refractivity contribution >= 4 is 28.9 Å². The van der Waals surface area contributed by atoms with Crippen molar-refractivity contribution in [3.8, 4) is 22.4 Å². The van der Waals surface area contributed by atoms with Gasteiger partial charge in [0.25, 0.3) is 11.7 Å². The van der Waals surface area contributed by atoms with Crippen LogP contribution in [0, 0.1) is 6.92 Å². The Kier molecular flexibility index (Phi) is 10.8. The molecule has 6 aromatic rings. The van der Waals surface area contributed by atoms with Crippen LogP contribution in [0.2, 0.25) is 0 Å². The molecular weight excluding hydrogens is 697 g/mol. The molecule has 1 unspecified atom stereocenters. The number of amides is 3. The molecular formula is C42H44N8O5. The Hall–Kier alpha value is -6.21. The molecule has 7 rings (SSSR count). The van der Waals surface area contributed by atoms with Gasteiger partial charge >= 0.3 is 0 Å². The summed E-state index contributed by atoms with van der Waals surface area (Å²) in [4.78, 5) is 44.9. The van der Waals surface area contributed by atoms with Crippen LogP contribution in [0.15, 0.2) is 89.8 Å². The SMILES string of the molecule is Cc1cc(-c2ncnn3cc(-c4ccc(COCCCc5ccc(NC6CCC(=O)NC6=O)cc5)cc4)cc23)ccc1CNC(=O)c1noc(C(C)(C)C)n1. The van der Waals surface area contributed by atoms with Gasteiger partial charge in [-0.1, -0.05) is 74.5 Å². The molecule has 0 aliphatic carbocycles. The van der Waals surface area contributed by atoms with Gasteiger partial charge in [-0.2, -0.15) is 10.1 Å². The van der Waals surface area contributed by atoms with Gasteiger partial charge in [0, 0.05) is 48.0 Å². The van der Waals surface area contributed by atoms with E-state index in [1.807, 2.05) is 62.7 Å². The zero-order valence-corrected chi connectivity index (χ0v) is 31.4. The maximum absolute atomic E-state index is 12.7. The van der Waals surface area contributed by atoms with Crippen LogP contribution in [0.1, 0.15) is 78.8 Å². The Balaban J connectivity index is 0.901. The predicted octanol–water partition coefficient (Wildman–Crippen LogP) is 6.35. The van der Waals surface area contributed by atoms with Crippen LogP contribution in [0.25, 0.3) is 27.9 Å². The maximum atomic E-state index is 12.7. The van der Waals surface area contributed by atoms with Crippen molar-refractivity contribution in [1.82, 2.24) is 35.4 Å². The van der Waals surface area contributed by atoms with Gasteiger partial charge in [-0.05, 0) is 78.3 Å². The number of anilines is 1. The largest absolute Gasteiger partial charge is 0.377 e. The number of aryl methyl sites for hydroxylation is 2. The van der Waals surface area contributed by atoms with Crippen molar-refractivity contribution in [3.05, 3.63) is 119 Å². The molecule has 3 amide bonds. The number of rotatable bonds is 13. The van der Waals surface area contributed by atoms with E-state index in [0.717, 1.165) is 63.1 Å². The number of aromatic nitrogens is 5. The second-order valence-corrected chi connectivity index (χ2v) is 14.9. The van der Waals surface area contributed by atoms with Crippen LogP contribution in [-0.2, 0) is 39.3 Å². The first-order valence-electron chi connectivity index (χ1n) is 18.4. The van der Waals surface area contributed by atoms with E-state index in [1.165, 1.54) is 5.56 Å². The summed E-state index contributed by atoms with van der Waals surface area (Å²) in [6, 6.07) is 24.2. The van der Waals surface area contributed by atoms with Crippen molar-refractivity contribution in [2.45, 2.75) is 78.0 Å². The van der Waals surface area contributed by atoms with Crippen LogP contribution in [0.5, 0.6) is 0 Å². The summed E-state index contributed by atoms with van der Waals surface area (Å²) in [5, 5.41) is 16.8. The summed E-state index contributed by atoms with van der Waals surface area (Å²) >= 11 is 0. The molecule has 0 radical (unpaired) electrons. The molecule has 1 aliphatic rings. The molecule has 0 saturated carbocycles. The third-order valence-corrected chi connectivity index (χ3v) is 9.58. The third-order valence-electron chi connectivity index (χ3n) is 9.58. The van der Waals surface area contributed by atoms with E-state index >= 15 is 0 Å². The molecule has 1 fully saturated rings. The van der Waals surface area contributed by atoms with E-state index in [4.69, 9.17) is 9.26 Å². The number of piperidine rings is 1. The normalized spacial score (nSPS) is 14.6. The summed E-state index contributed by atoms with van der Waals surface area (Å²) in [6.45, 7) is 9.34. The monoisotopic (exact) mass is 740 g/mol. The predicted molar refractivity (Wildman–Crippen MR) is 207 cm³/mol. The highest BCUT2D eigenvalue weighted by Gasteiger charge is 2.26. The quantitative estimate of drug-likeness (QED) is 0.0898. The Morgan fingerprint density at radius 1 is 0.982 bits per heavy atom. The Morgan fingerprint density at radius 2 is 1.75 bits per heavy atom. The van der Waals surface area contributed by atoms with Gasteiger partial charge in [0.1, 0.15) is 12.4 Å². The lowest BCUT2D eigenvalue weighted by molar-refractivity contribution is -0.133. The molecule has 3 aromatic heterocycles. The first kappa shape index (κ1) is 37.1. The minimum absolute atomic E-state index is 0.0189. The number of fused-ring (bicyclic) bond motifs is 1. The van der Waals surface area contributed by atoms with Gasteiger partial charge in [-0.15, -0.1) is 0 Å². The fraction of sp³-hybridized carbons (Fsp3) is 0.310. The minimum Gasteiger partial charge on any atom is -0.377 e. The van der Waals surface area contributed by atoms with E-state index < -0.39 is 0 Å². The number of hydrogen-bond acceptors (Lipinski definition) is 10. The topological polar surface area (TPSA) is 166 Å². The first-order valence-corrected chi connectivity index (χ1v) is 18.4. The highest BCUT2D eigenvalue weighted by molar-refractivity contribution is 6.01. The molecule has 282 valence electrons. The van der Waals surface area contributed by atoms with Gasteiger partial charge in [-0.25, -0.2) is 9.50 Å². The lowest BCUT2D eigenvalue weighted by Crippen LogP contribution is -2.47. The summed E-state index contributed by atoms with van der Waals surface area (Å²) in [7, 11) is 0. The molecule has 4 heterocycles. The van der Waals surface area contributed by atoms with E-state index in [-0.39, 0.29) is 35.0 Å². The number of carbonyl (C=O) groups excluding carboxylic acids is 3. The molecule has 13 nitrogen and oxygen atoms in total. The molecule has 55 heavy (non-hydrogen) atoms. The van der Waals surface area contributed by atoms with Gasteiger partial charge < -0.3 is 19.9 Å². The van der Waals surface area contributed by atoms with E-state index in [1.54, 1.807) is 6.33 Å². The van der Waals surface area contributed by atoms with Gasteiger partial charge in [0.05, 0.1) is 17.8 Å². The van der Waals surface area contributed by atoms with E-state index in [9.17, 15) is 14.4 Å². The summed E-state index contributed by atoms with van der Waals surface area (Å²) < 4.78 is 13.1. The highest BCUT2D eigenvalue weighted by atomic mass is 16.5. The smallest absolute Gasteiger partial charge is 0.292 e. The van der Waals surface area contributed by atoms with E-state index in [2.05, 4.69) is 84.7 Å². The van der Waals surface area contributed by atoms with Crippen LogP contribution >= 0.6 is 0 Å². The Morgan fingerprint density at radius 3 is 2.47 bits per heavy atom. The number of benzene rings is 3. The fourth-order valence-electron chi connectivity index (χ4n) is 6.39. The number of imide groups is 1. The van der Waals surface area contributed by atoms with Crippen LogP contribution < -0.4 is 16.0 Å². The lowest BCUT2D eigenvalue weighted by atomic mass is 9.97. The number of nitrogens with zero attached hydrogens (tertiary/aromatic N) is 5. The molecule has 0 bridgehead atoms. The fourth-order valence-corrected chi connectivity index (χ4v) is 6.39. The molecule has 1 atom stereocenters. The first-order chi connectivity index (χ1) is 26.5. The lowest BCUT2D eigenvalue weighted by Gasteiger charge is -2.22. The molecule has 3 N–H and O–H groups in total. The molecule has 3 aromatic carbocycles. The number of hydrogen-bond donors (Lipinski definition) is 3. The third kappa shape index (κ3) is 8.95. The Bertz CT molecular complexity index is 2320. The molecule has 1 saturated heterocycles. The van der Waals surface area contributed by atoms with E-state index in [0.29, 0.717) is 38.5 Å². The van der Waals surface area contributed by atoms with Crippen molar-refractivity contribution in [3.63, 3.8) is 0 Å². The average Bonchev–Trinajstić information content (AvgIpc) is 3.85. The van der Waals surface area contributed by atoms with Crippen molar-refractivity contribution in [2.24, 2.45) is 0 Å². The second kappa shape index (κ2) is 16.0. The number of carbonyl (C=O) groups is 3. The van der Waals surface area contributed by atoms with Gasteiger partial charge in [-0.3, -0.25) is 19.7 Å². The van der Waals surface area contributed by atoms with Crippen molar-refractivity contribution in [1.29, 1.82) is 0 Å². The number of nitrogens with one attached hydrogen (secondary N) is 3. The van der Waals surface area contributed by atoms with Crippen molar-refractivity contribution in [2.75, 3.05) is 11.9 Å². The second-order valence-electron chi connectivity index (χ2n) is 14.9. The molecule has 13 heteroatoms. The molecule has 0 spiro atoms. The van der Waals surface area contributed by atoms with Crippen LogP contribution in [0.4, 0.5) is 5.69 Å². The summed E-state index contributed by atoms with van der Waals surface area (Å²) in [5.74, 6) is -0.446. The highest BCUT2D eigenvalue weighted by Crippen LogP contribution is 2.29.